The monoisotopic (exact) mass is 498 g/mol. The van der Waals surface area contributed by atoms with E-state index in [4.69, 9.17) is 32.4 Å². The minimum absolute atomic E-state index is 0.0242. The first-order valence-corrected chi connectivity index (χ1v) is 11.2. The van der Waals surface area contributed by atoms with E-state index in [0.717, 1.165) is 17.3 Å². The zero-order valence-electron chi connectivity index (χ0n) is 16.9. The SMILES string of the molecule is O=C(O)/C(=C/c1cccc(OCc2ccc(Cl)cc2)c1)Sc1nnc(-c2ccc(Cl)cc2)o1. The van der Waals surface area contributed by atoms with Gasteiger partial charge in [0, 0.05) is 15.6 Å². The van der Waals surface area contributed by atoms with Gasteiger partial charge < -0.3 is 14.3 Å². The van der Waals surface area contributed by atoms with Crippen LogP contribution in [0.2, 0.25) is 10.0 Å². The van der Waals surface area contributed by atoms with Crippen LogP contribution in [0.15, 0.2) is 87.3 Å². The molecule has 0 saturated heterocycles. The van der Waals surface area contributed by atoms with Crippen LogP contribution in [-0.2, 0) is 11.4 Å². The van der Waals surface area contributed by atoms with Crippen LogP contribution in [0.4, 0.5) is 0 Å². The van der Waals surface area contributed by atoms with Crippen molar-refractivity contribution >= 4 is 47.0 Å². The molecule has 6 nitrogen and oxygen atoms in total. The van der Waals surface area contributed by atoms with Gasteiger partial charge in [-0.1, -0.05) is 47.5 Å². The number of hydrogen-bond acceptors (Lipinski definition) is 6. The Bertz CT molecular complexity index is 1290. The van der Waals surface area contributed by atoms with Gasteiger partial charge in [0.2, 0.25) is 5.89 Å². The molecule has 3 aromatic carbocycles. The lowest BCUT2D eigenvalue weighted by molar-refractivity contribution is -0.131. The smallest absolute Gasteiger partial charge is 0.342 e. The second-order valence-electron chi connectivity index (χ2n) is 6.78. The topological polar surface area (TPSA) is 85.5 Å². The molecule has 0 saturated carbocycles. The molecule has 4 rings (SSSR count). The summed E-state index contributed by atoms with van der Waals surface area (Å²) in [4.78, 5) is 11.8. The number of carboxylic acid groups (broad SMARTS) is 1. The van der Waals surface area contributed by atoms with E-state index in [-0.39, 0.29) is 16.0 Å². The number of halogens is 2. The van der Waals surface area contributed by atoms with E-state index in [9.17, 15) is 9.90 Å². The number of ether oxygens (including phenoxy) is 1. The molecule has 1 heterocycles. The Labute approximate surface area is 203 Å². The molecular weight excluding hydrogens is 483 g/mol. The molecule has 0 aliphatic carbocycles. The van der Waals surface area contributed by atoms with Crippen LogP contribution in [0.3, 0.4) is 0 Å². The number of thioether (sulfide) groups is 1. The number of hydrogen-bond donors (Lipinski definition) is 1. The largest absolute Gasteiger partial charge is 0.489 e. The summed E-state index contributed by atoms with van der Waals surface area (Å²) in [7, 11) is 0. The van der Waals surface area contributed by atoms with Gasteiger partial charge in [0.1, 0.15) is 17.3 Å². The molecule has 0 aliphatic rings. The average Bonchev–Trinajstić information content (AvgIpc) is 3.27. The van der Waals surface area contributed by atoms with Crippen molar-refractivity contribution in [3.63, 3.8) is 0 Å². The lowest BCUT2D eigenvalue weighted by atomic mass is 10.2. The van der Waals surface area contributed by atoms with E-state index in [1.165, 1.54) is 6.08 Å². The number of benzene rings is 3. The molecule has 1 aromatic heterocycles. The van der Waals surface area contributed by atoms with Crippen molar-refractivity contribution < 1.29 is 19.1 Å². The first-order chi connectivity index (χ1) is 16.0. The van der Waals surface area contributed by atoms with Crippen LogP contribution in [0, 0.1) is 0 Å². The van der Waals surface area contributed by atoms with Gasteiger partial charge in [-0.15, -0.1) is 10.2 Å². The zero-order chi connectivity index (χ0) is 23.2. The predicted molar refractivity (Wildman–Crippen MR) is 128 cm³/mol. The van der Waals surface area contributed by atoms with Crippen LogP contribution in [0.25, 0.3) is 17.5 Å². The van der Waals surface area contributed by atoms with Gasteiger partial charge in [-0.05, 0) is 77.5 Å². The molecule has 0 amide bonds. The first kappa shape index (κ1) is 22.9. The van der Waals surface area contributed by atoms with E-state index in [1.54, 1.807) is 60.7 Å². The maximum atomic E-state index is 11.8. The van der Waals surface area contributed by atoms with Gasteiger partial charge in [0.05, 0.1) is 0 Å². The summed E-state index contributed by atoms with van der Waals surface area (Å²) in [5.74, 6) is -0.230. The highest BCUT2D eigenvalue weighted by atomic mass is 35.5. The Kier molecular flexibility index (Phi) is 7.34. The lowest BCUT2D eigenvalue weighted by Gasteiger charge is -2.07. The molecule has 33 heavy (non-hydrogen) atoms. The Hall–Kier alpha value is -3.26. The number of carbonyl (C=O) groups is 1. The van der Waals surface area contributed by atoms with Gasteiger partial charge in [0.15, 0.2) is 0 Å². The highest BCUT2D eigenvalue weighted by Crippen LogP contribution is 2.31. The number of nitrogens with zero attached hydrogens (tertiary/aromatic N) is 2. The van der Waals surface area contributed by atoms with E-state index in [0.29, 0.717) is 33.5 Å². The predicted octanol–water partition coefficient (Wildman–Crippen LogP) is 6.84. The van der Waals surface area contributed by atoms with Crippen molar-refractivity contribution in [2.45, 2.75) is 11.8 Å². The molecule has 0 bridgehead atoms. The van der Waals surface area contributed by atoms with Crippen molar-refractivity contribution in [2.75, 3.05) is 0 Å². The molecule has 1 N–H and O–H groups in total. The maximum absolute atomic E-state index is 11.8. The maximum Gasteiger partial charge on any atom is 0.342 e. The van der Waals surface area contributed by atoms with Crippen LogP contribution >= 0.6 is 35.0 Å². The fourth-order valence-corrected chi connectivity index (χ4v) is 3.71. The Morgan fingerprint density at radius 3 is 2.39 bits per heavy atom. The number of aromatic nitrogens is 2. The third kappa shape index (κ3) is 6.38. The minimum atomic E-state index is -1.11. The molecule has 166 valence electrons. The van der Waals surface area contributed by atoms with Gasteiger partial charge in [-0.3, -0.25) is 0 Å². The summed E-state index contributed by atoms with van der Waals surface area (Å²) < 4.78 is 11.4. The number of aliphatic carboxylic acids is 1. The summed E-state index contributed by atoms with van der Waals surface area (Å²) >= 11 is 12.7. The molecule has 0 unspecified atom stereocenters. The van der Waals surface area contributed by atoms with Crippen molar-refractivity contribution in [3.8, 4) is 17.2 Å². The Morgan fingerprint density at radius 2 is 1.70 bits per heavy atom. The number of rotatable bonds is 8. The number of carboxylic acids is 1. The third-order valence-corrected chi connectivity index (χ3v) is 5.74. The zero-order valence-corrected chi connectivity index (χ0v) is 19.3. The fourth-order valence-electron chi connectivity index (χ4n) is 2.78. The van der Waals surface area contributed by atoms with Gasteiger partial charge in [-0.25, -0.2) is 4.79 Å². The summed E-state index contributed by atoms with van der Waals surface area (Å²) in [6.45, 7) is 0.361. The molecule has 0 radical (unpaired) electrons. The first-order valence-electron chi connectivity index (χ1n) is 9.66. The minimum Gasteiger partial charge on any atom is -0.489 e. The fraction of sp³-hybridized carbons (Fsp3) is 0.0417. The third-order valence-electron chi connectivity index (χ3n) is 4.38. The lowest BCUT2D eigenvalue weighted by Crippen LogP contribution is -1.97. The van der Waals surface area contributed by atoms with Crippen molar-refractivity contribution in [2.24, 2.45) is 0 Å². The van der Waals surface area contributed by atoms with Gasteiger partial charge >= 0.3 is 5.97 Å². The second kappa shape index (κ2) is 10.6. The quantitative estimate of drug-likeness (QED) is 0.210. The van der Waals surface area contributed by atoms with E-state index in [1.807, 2.05) is 12.1 Å². The van der Waals surface area contributed by atoms with Crippen LogP contribution in [0.5, 0.6) is 5.75 Å². The highest BCUT2D eigenvalue weighted by Gasteiger charge is 2.16. The van der Waals surface area contributed by atoms with Gasteiger partial charge in [0.25, 0.3) is 5.22 Å². The van der Waals surface area contributed by atoms with Crippen molar-refractivity contribution in [1.82, 2.24) is 10.2 Å². The van der Waals surface area contributed by atoms with Crippen LogP contribution in [-0.4, -0.2) is 21.3 Å². The molecule has 9 heteroatoms. The molecule has 4 aromatic rings. The summed E-state index contributed by atoms with van der Waals surface area (Å²) in [6, 6.07) is 21.4. The summed E-state index contributed by atoms with van der Waals surface area (Å²) in [6.07, 6.45) is 1.52. The van der Waals surface area contributed by atoms with Crippen LogP contribution in [0.1, 0.15) is 11.1 Å². The standard InChI is InChI=1S/C24H16Cl2N2O4S/c25-18-8-4-15(5-9-18)14-31-20-3-1-2-16(12-20)13-21(23(29)30)33-24-28-27-22(32-24)17-6-10-19(26)11-7-17/h1-13H,14H2,(H,29,30)/b21-13-. The second-order valence-corrected chi connectivity index (χ2v) is 8.65. The van der Waals surface area contributed by atoms with E-state index in [2.05, 4.69) is 10.2 Å². The summed E-state index contributed by atoms with van der Waals surface area (Å²) in [5, 5.41) is 18.9. The molecule has 0 aliphatic heterocycles. The highest BCUT2D eigenvalue weighted by molar-refractivity contribution is 8.03. The van der Waals surface area contributed by atoms with E-state index < -0.39 is 5.97 Å². The molecular formula is C24H16Cl2N2O4S. The van der Waals surface area contributed by atoms with Crippen LogP contribution < -0.4 is 4.74 Å². The molecule has 0 spiro atoms. The molecule has 0 fully saturated rings. The molecule has 0 atom stereocenters. The summed E-state index contributed by atoms with van der Waals surface area (Å²) in [5.41, 5.74) is 2.31. The Balaban J connectivity index is 1.47. The van der Waals surface area contributed by atoms with Gasteiger partial charge in [-0.2, -0.15) is 0 Å². The normalized spacial score (nSPS) is 11.4. The average molecular weight is 499 g/mol. The van der Waals surface area contributed by atoms with E-state index >= 15 is 0 Å². The van der Waals surface area contributed by atoms with Crippen molar-refractivity contribution in [3.05, 3.63) is 98.9 Å². The van der Waals surface area contributed by atoms with Crippen molar-refractivity contribution in [1.29, 1.82) is 0 Å². The Morgan fingerprint density at radius 1 is 1.00 bits per heavy atom.